The zero-order valence-electron chi connectivity index (χ0n) is 11.4. The van der Waals surface area contributed by atoms with Crippen LogP contribution in [0.3, 0.4) is 0 Å². The molecule has 0 spiro atoms. The van der Waals surface area contributed by atoms with E-state index in [1.54, 1.807) is 18.5 Å². The number of Topliss-reactive ketones (excluding diaryl/α,β-unsaturated/α-hetero) is 1. The standard InChI is InChI=1S/C18H14ClNO/c19-18-12-20-8-7-16(18)11-17(21)10-13-5-6-14-3-1-2-4-15(14)9-13/h1-9,12H,10-11H2. The van der Waals surface area contributed by atoms with Crippen molar-refractivity contribution >= 4 is 28.2 Å². The van der Waals surface area contributed by atoms with Gasteiger partial charge < -0.3 is 0 Å². The number of ketones is 1. The van der Waals surface area contributed by atoms with Gasteiger partial charge in [0.2, 0.25) is 0 Å². The maximum atomic E-state index is 12.2. The molecule has 3 aromatic rings. The number of carbonyl (C=O) groups is 1. The number of nitrogens with zero attached hydrogens (tertiary/aromatic N) is 1. The van der Waals surface area contributed by atoms with Crippen molar-refractivity contribution in [3.8, 4) is 0 Å². The number of rotatable bonds is 4. The summed E-state index contributed by atoms with van der Waals surface area (Å²) in [4.78, 5) is 16.1. The van der Waals surface area contributed by atoms with Crippen molar-refractivity contribution in [1.29, 1.82) is 0 Å². The highest BCUT2D eigenvalue weighted by Gasteiger charge is 2.08. The predicted octanol–water partition coefficient (Wildman–Crippen LogP) is 4.24. The van der Waals surface area contributed by atoms with Crippen LogP contribution in [-0.2, 0) is 17.6 Å². The Morgan fingerprint density at radius 1 is 1.00 bits per heavy atom. The monoisotopic (exact) mass is 295 g/mol. The highest BCUT2D eigenvalue weighted by atomic mass is 35.5. The smallest absolute Gasteiger partial charge is 0.141 e. The van der Waals surface area contributed by atoms with E-state index >= 15 is 0 Å². The first-order valence-corrected chi connectivity index (χ1v) is 7.18. The average molecular weight is 296 g/mol. The SMILES string of the molecule is O=C(Cc1ccc2ccccc2c1)Cc1ccncc1Cl. The number of benzene rings is 2. The number of aromatic nitrogens is 1. The zero-order valence-corrected chi connectivity index (χ0v) is 12.2. The van der Waals surface area contributed by atoms with Crippen LogP contribution in [0, 0.1) is 0 Å². The van der Waals surface area contributed by atoms with Crippen LogP contribution in [0.5, 0.6) is 0 Å². The highest BCUT2D eigenvalue weighted by Crippen LogP contribution is 2.18. The molecule has 104 valence electrons. The predicted molar refractivity (Wildman–Crippen MR) is 85.6 cm³/mol. The van der Waals surface area contributed by atoms with Crippen LogP contribution < -0.4 is 0 Å². The molecule has 0 bridgehead atoms. The molecule has 0 radical (unpaired) electrons. The molecule has 0 aliphatic heterocycles. The maximum absolute atomic E-state index is 12.2. The second kappa shape index (κ2) is 6.06. The fourth-order valence-electron chi connectivity index (χ4n) is 2.40. The molecule has 3 heteroatoms. The van der Waals surface area contributed by atoms with Gasteiger partial charge in [-0.2, -0.15) is 0 Å². The molecular weight excluding hydrogens is 282 g/mol. The minimum atomic E-state index is 0.151. The van der Waals surface area contributed by atoms with Crippen molar-refractivity contribution < 1.29 is 4.79 Å². The van der Waals surface area contributed by atoms with E-state index in [1.165, 1.54) is 5.39 Å². The van der Waals surface area contributed by atoms with Crippen LogP contribution in [0.15, 0.2) is 60.9 Å². The third kappa shape index (κ3) is 3.29. The third-order valence-electron chi connectivity index (χ3n) is 3.46. The normalized spacial score (nSPS) is 10.7. The van der Waals surface area contributed by atoms with Crippen molar-refractivity contribution in [1.82, 2.24) is 4.98 Å². The minimum Gasteiger partial charge on any atom is -0.299 e. The number of halogens is 1. The van der Waals surface area contributed by atoms with Gasteiger partial charge in [0.05, 0.1) is 5.02 Å². The zero-order chi connectivity index (χ0) is 14.7. The molecule has 0 fully saturated rings. The minimum absolute atomic E-state index is 0.151. The van der Waals surface area contributed by atoms with Crippen LogP contribution in [0.1, 0.15) is 11.1 Å². The Kier molecular flexibility index (Phi) is 3.98. The summed E-state index contributed by atoms with van der Waals surface area (Å²) in [5, 5.41) is 2.89. The van der Waals surface area contributed by atoms with Gasteiger partial charge in [-0.1, -0.05) is 54.1 Å². The summed E-state index contributed by atoms with van der Waals surface area (Å²) in [5.41, 5.74) is 1.86. The first-order valence-electron chi connectivity index (χ1n) is 6.80. The van der Waals surface area contributed by atoms with Gasteiger partial charge in [-0.05, 0) is 28.0 Å². The molecule has 0 N–H and O–H groups in total. The first kappa shape index (κ1) is 13.8. The molecule has 2 aromatic carbocycles. The van der Waals surface area contributed by atoms with E-state index in [-0.39, 0.29) is 5.78 Å². The summed E-state index contributed by atoms with van der Waals surface area (Å²) >= 11 is 6.03. The summed E-state index contributed by atoms with van der Waals surface area (Å²) in [6.45, 7) is 0. The van der Waals surface area contributed by atoms with Gasteiger partial charge in [0, 0.05) is 25.2 Å². The molecule has 21 heavy (non-hydrogen) atoms. The average Bonchev–Trinajstić information content (AvgIpc) is 2.49. The molecule has 1 aromatic heterocycles. The quantitative estimate of drug-likeness (QED) is 0.720. The molecule has 0 saturated heterocycles. The lowest BCUT2D eigenvalue weighted by atomic mass is 10.0. The van der Waals surface area contributed by atoms with E-state index in [2.05, 4.69) is 29.2 Å². The number of pyridine rings is 1. The second-order valence-electron chi connectivity index (χ2n) is 5.04. The molecule has 0 aliphatic carbocycles. The van der Waals surface area contributed by atoms with Crippen molar-refractivity contribution in [3.05, 3.63) is 77.1 Å². The molecular formula is C18H14ClNO. The fourth-order valence-corrected chi connectivity index (χ4v) is 2.58. The van der Waals surface area contributed by atoms with Crippen LogP contribution in [0.4, 0.5) is 0 Å². The maximum Gasteiger partial charge on any atom is 0.141 e. The van der Waals surface area contributed by atoms with Crippen molar-refractivity contribution in [2.24, 2.45) is 0 Å². The Labute approximate surface area is 128 Å². The van der Waals surface area contributed by atoms with Crippen molar-refractivity contribution in [2.75, 3.05) is 0 Å². The molecule has 0 aliphatic rings. The summed E-state index contributed by atoms with van der Waals surface area (Å²) in [6.07, 6.45) is 3.99. The lowest BCUT2D eigenvalue weighted by Crippen LogP contribution is -2.07. The van der Waals surface area contributed by atoms with Crippen LogP contribution in [0.25, 0.3) is 10.8 Å². The summed E-state index contributed by atoms with van der Waals surface area (Å²) in [6, 6.07) is 16.1. The lowest BCUT2D eigenvalue weighted by molar-refractivity contribution is -0.117. The Morgan fingerprint density at radius 2 is 1.81 bits per heavy atom. The molecule has 0 saturated carbocycles. The Morgan fingerprint density at radius 3 is 2.62 bits per heavy atom. The summed E-state index contributed by atoms with van der Waals surface area (Å²) < 4.78 is 0. The van der Waals surface area contributed by atoms with E-state index in [0.29, 0.717) is 17.9 Å². The van der Waals surface area contributed by atoms with Crippen LogP contribution in [-0.4, -0.2) is 10.8 Å². The van der Waals surface area contributed by atoms with Gasteiger partial charge in [0.1, 0.15) is 5.78 Å². The second-order valence-corrected chi connectivity index (χ2v) is 5.45. The number of fused-ring (bicyclic) bond motifs is 1. The van der Waals surface area contributed by atoms with E-state index in [1.807, 2.05) is 18.2 Å². The Bertz CT molecular complexity index is 798. The lowest BCUT2D eigenvalue weighted by Gasteiger charge is -2.05. The molecule has 0 unspecified atom stereocenters. The Hall–Kier alpha value is -2.19. The summed E-state index contributed by atoms with van der Waals surface area (Å²) in [7, 11) is 0. The largest absolute Gasteiger partial charge is 0.299 e. The van der Waals surface area contributed by atoms with E-state index in [4.69, 9.17) is 11.6 Å². The van der Waals surface area contributed by atoms with Gasteiger partial charge in [0.15, 0.2) is 0 Å². The van der Waals surface area contributed by atoms with Gasteiger partial charge in [0.25, 0.3) is 0 Å². The molecule has 3 rings (SSSR count). The van der Waals surface area contributed by atoms with E-state index in [0.717, 1.165) is 16.5 Å². The fraction of sp³-hybridized carbons (Fsp3) is 0.111. The first-order chi connectivity index (χ1) is 10.2. The summed E-state index contributed by atoms with van der Waals surface area (Å²) in [5.74, 6) is 0.151. The van der Waals surface area contributed by atoms with Crippen molar-refractivity contribution in [2.45, 2.75) is 12.8 Å². The number of hydrogen-bond acceptors (Lipinski definition) is 2. The highest BCUT2D eigenvalue weighted by molar-refractivity contribution is 6.31. The van der Waals surface area contributed by atoms with Crippen LogP contribution in [0.2, 0.25) is 5.02 Å². The van der Waals surface area contributed by atoms with E-state index < -0.39 is 0 Å². The van der Waals surface area contributed by atoms with E-state index in [9.17, 15) is 4.79 Å². The topological polar surface area (TPSA) is 30.0 Å². The van der Waals surface area contributed by atoms with Gasteiger partial charge >= 0.3 is 0 Å². The third-order valence-corrected chi connectivity index (χ3v) is 3.80. The molecule has 0 atom stereocenters. The number of carbonyl (C=O) groups excluding carboxylic acids is 1. The van der Waals surface area contributed by atoms with Gasteiger partial charge in [-0.15, -0.1) is 0 Å². The van der Waals surface area contributed by atoms with Crippen LogP contribution >= 0.6 is 11.6 Å². The Balaban J connectivity index is 1.75. The van der Waals surface area contributed by atoms with Crippen molar-refractivity contribution in [3.63, 3.8) is 0 Å². The molecule has 2 nitrogen and oxygen atoms in total. The van der Waals surface area contributed by atoms with Gasteiger partial charge in [-0.25, -0.2) is 0 Å². The molecule has 0 amide bonds. The van der Waals surface area contributed by atoms with Gasteiger partial charge in [-0.3, -0.25) is 9.78 Å². The molecule has 1 heterocycles. The number of hydrogen-bond donors (Lipinski definition) is 0.